The summed E-state index contributed by atoms with van der Waals surface area (Å²) in [6, 6.07) is 1.20. The van der Waals surface area contributed by atoms with Gasteiger partial charge in [0, 0.05) is 24.5 Å². The maximum atomic E-state index is 11.9. The highest BCUT2D eigenvalue weighted by Gasteiger charge is 2.31. The first kappa shape index (κ1) is 12.8. The zero-order valence-corrected chi connectivity index (χ0v) is 11.2. The van der Waals surface area contributed by atoms with E-state index in [1.54, 1.807) is 0 Å². The zero-order valence-electron chi connectivity index (χ0n) is 11.2. The van der Waals surface area contributed by atoms with Crippen molar-refractivity contribution in [3.63, 3.8) is 0 Å². The maximum Gasteiger partial charge on any atom is 0.223 e. The molecule has 17 heavy (non-hydrogen) atoms. The van der Waals surface area contributed by atoms with Crippen molar-refractivity contribution in [2.75, 3.05) is 26.7 Å². The molecule has 2 fully saturated rings. The van der Waals surface area contributed by atoms with Crippen LogP contribution in [0.2, 0.25) is 0 Å². The van der Waals surface area contributed by atoms with Crippen LogP contribution in [0.15, 0.2) is 0 Å². The van der Waals surface area contributed by atoms with Gasteiger partial charge in [-0.05, 0) is 45.8 Å². The third-order valence-electron chi connectivity index (χ3n) is 4.32. The van der Waals surface area contributed by atoms with Crippen LogP contribution in [0.3, 0.4) is 0 Å². The van der Waals surface area contributed by atoms with Crippen LogP contribution in [0.1, 0.15) is 26.7 Å². The fraction of sp³-hybridized carbons (Fsp3) is 0.923. The minimum absolute atomic E-state index is 0.148. The molecule has 2 atom stereocenters. The van der Waals surface area contributed by atoms with E-state index in [1.165, 1.54) is 12.8 Å². The van der Waals surface area contributed by atoms with Gasteiger partial charge in [0.15, 0.2) is 0 Å². The summed E-state index contributed by atoms with van der Waals surface area (Å²) < 4.78 is 0. The highest BCUT2D eigenvalue weighted by molar-refractivity contribution is 5.78. The van der Waals surface area contributed by atoms with Crippen molar-refractivity contribution in [2.24, 2.45) is 11.8 Å². The number of carbonyl (C=O) groups is 1. The van der Waals surface area contributed by atoms with Gasteiger partial charge in [-0.1, -0.05) is 6.92 Å². The lowest BCUT2D eigenvalue weighted by molar-refractivity contribution is -0.126. The third-order valence-corrected chi connectivity index (χ3v) is 4.32. The molecule has 1 saturated carbocycles. The molecule has 0 spiro atoms. The van der Waals surface area contributed by atoms with Gasteiger partial charge in [0.1, 0.15) is 0 Å². The van der Waals surface area contributed by atoms with Crippen molar-refractivity contribution < 1.29 is 4.79 Å². The molecule has 1 saturated heterocycles. The van der Waals surface area contributed by atoms with Gasteiger partial charge in [-0.2, -0.15) is 0 Å². The summed E-state index contributed by atoms with van der Waals surface area (Å²) in [6.45, 7) is 6.98. The molecule has 2 rings (SSSR count). The third kappa shape index (κ3) is 3.19. The number of rotatable bonds is 6. The maximum absolute atomic E-state index is 11.9. The smallest absolute Gasteiger partial charge is 0.223 e. The Kier molecular flexibility index (Phi) is 4.05. The molecule has 1 amide bonds. The number of hydrogen-bond acceptors (Lipinski definition) is 3. The Bertz CT molecular complexity index is 274. The Hall–Kier alpha value is -0.610. The molecule has 98 valence electrons. The summed E-state index contributed by atoms with van der Waals surface area (Å²) in [6.07, 6.45) is 2.64. The first-order chi connectivity index (χ1) is 8.09. The molecule has 1 aliphatic carbocycles. The van der Waals surface area contributed by atoms with Crippen LogP contribution in [0.25, 0.3) is 0 Å². The van der Waals surface area contributed by atoms with Crippen LogP contribution in [0, 0.1) is 11.8 Å². The largest absolute Gasteiger partial charge is 0.354 e. The lowest BCUT2D eigenvalue weighted by Gasteiger charge is -2.32. The number of amides is 1. The van der Waals surface area contributed by atoms with Crippen molar-refractivity contribution in [2.45, 2.75) is 38.8 Å². The fourth-order valence-electron chi connectivity index (χ4n) is 2.27. The Morgan fingerprint density at radius 2 is 2.06 bits per heavy atom. The Balaban J connectivity index is 1.67. The quantitative estimate of drug-likeness (QED) is 0.707. The summed E-state index contributed by atoms with van der Waals surface area (Å²) in [4.78, 5) is 14.3. The lowest BCUT2D eigenvalue weighted by atomic mass is 9.88. The average molecular weight is 239 g/mol. The second-order valence-electron chi connectivity index (χ2n) is 5.70. The van der Waals surface area contributed by atoms with Crippen LogP contribution < -0.4 is 10.6 Å². The zero-order chi connectivity index (χ0) is 12.4. The van der Waals surface area contributed by atoms with E-state index in [0.717, 1.165) is 25.7 Å². The normalized spacial score (nSPS) is 24.2. The Labute approximate surface area is 104 Å². The topological polar surface area (TPSA) is 44.4 Å². The molecular formula is C13H25N3O. The molecule has 2 N–H and O–H groups in total. The number of carbonyl (C=O) groups excluding carboxylic acids is 1. The molecule has 0 bridgehead atoms. The van der Waals surface area contributed by atoms with Gasteiger partial charge in [-0.3, -0.25) is 9.69 Å². The highest BCUT2D eigenvalue weighted by atomic mass is 16.1. The molecule has 0 aromatic carbocycles. The number of nitrogens with one attached hydrogen (secondary N) is 2. The summed E-state index contributed by atoms with van der Waals surface area (Å²) >= 11 is 0. The van der Waals surface area contributed by atoms with E-state index in [1.807, 2.05) is 6.92 Å². The second kappa shape index (κ2) is 5.36. The first-order valence-corrected chi connectivity index (χ1v) is 6.80. The van der Waals surface area contributed by atoms with E-state index >= 15 is 0 Å². The van der Waals surface area contributed by atoms with E-state index in [2.05, 4.69) is 29.5 Å². The average Bonchev–Trinajstić information content (AvgIpc) is 3.05. The van der Waals surface area contributed by atoms with Crippen molar-refractivity contribution in [3.8, 4) is 0 Å². The van der Waals surface area contributed by atoms with Crippen LogP contribution in [0.4, 0.5) is 0 Å². The minimum atomic E-state index is 0.148. The van der Waals surface area contributed by atoms with Gasteiger partial charge in [0.25, 0.3) is 0 Å². The summed E-state index contributed by atoms with van der Waals surface area (Å²) in [5.74, 6) is 0.897. The van der Waals surface area contributed by atoms with E-state index in [4.69, 9.17) is 0 Å². The molecule has 2 unspecified atom stereocenters. The van der Waals surface area contributed by atoms with Gasteiger partial charge >= 0.3 is 0 Å². The van der Waals surface area contributed by atoms with Gasteiger partial charge in [-0.25, -0.2) is 0 Å². The molecule has 4 nitrogen and oxygen atoms in total. The van der Waals surface area contributed by atoms with Gasteiger partial charge in [0.05, 0.1) is 0 Å². The summed E-state index contributed by atoms with van der Waals surface area (Å²) in [5.41, 5.74) is 0. The van der Waals surface area contributed by atoms with Crippen LogP contribution >= 0.6 is 0 Å². The summed E-state index contributed by atoms with van der Waals surface area (Å²) in [7, 11) is 2.16. The number of likely N-dealkylation sites (N-methyl/N-ethyl adjacent to an activating group) is 1. The molecule has 0 aromatic rings. The van der Waals surface area contributed by atoms with Crippen molar-refractivity contribution in [1.82, 2.24) is 15.5 Å². The monoisotopic (exact) mass is 239 g/mol. The predicted octanol–water partition coefficient (Wildman–Crippen LogP) is 0.441. The molecule has 1 aliphatic heterocycles. The molecule has 4 heteroatoms. The Morgan fingerprint density at radius 3 is 2.53 bits per heavy atom. The van der Waals surface area contributed by atoms with Crippen LogP contribution in [0.5, 0.6) is 0 Å². The van der Waals surface area contributed by atoms with Gasteiger partial charge in [-0.15, -0.1) is 0 Å². The molecule has 0 aromatic heterocycles. The molecule has 1 heterocycles. The fourth-order valence-corrected chi connectivity index (χ4v) is 2.27. The standard InChI is InChI=1S/C13H25N3O/c1-9(16(3)12-4-5-12)6-15-13(17)10(2)11-7-14-8-11/h9-12,14H,4-8H2,1-3H3,(H,15,17). The Morgan fingerprint density at radius 1 is 1.41 bits per heavy atom. The van der Waals surface area contributed by atoms with Crippen LogP contribution in [-0.2, 0) is 4.79 Å². The highest BCUT2D eigenvalue weighted by Crippen LogP contribution is 2.26. The van der Waals surface area contributed by atoms with Crippen molar-refractivity contribution in [1.29, 1.82) is 0 Å². The van der Waals surface area contributed by atoms with E-state index in [-0.39, 0.29) is 11.8 Å². The van der Waals surface area contributed by atoms with E-state index in [0.29, 0.717) is 12.0 Å². The second-order valence-corrected chi connectivity index (χ2v) is 5.70. The molecular weight excluding hydrogens is 214 g/mol. The lowest BCUT2D eigenvalue weighted by Crippen LogP contribution is -2.51. The van der Waals surface area contributed by atoms with E-state index < -0.39 is 0 Å². The van der Waals surface area contributed by atoms with Gasteiger partial charge < -0.3 is 10.6 Å². The first-order valence-electron chi connectivity index (χ1n) is 6.80. The summed E-state index contributed by atoms with van der Waals surface area (Å²) in [5, 5.41) is 6.30. The van der Waals surface area contributed by atoms with Crippen LogP contribution in [-0.4, -0.2) is 49.6 Å². The SMILES string of the molecule is CC(C(=O)NCC(C)N(C)C1CC1)C1CNC1. The van der Waals surface area contributed by atoms with Gasteiger partial charge in [0.2, 0.25) is 5.91 Å². The van der Waals surface area contributed by atoms with Crippen molar-refractivity contribution in [3.05, 3.63) is 0 Å². The predicted molar refractivity (Wildman–Crippen MR) is 68.8 cm³/mol. The number of hydrogen-bond donors (Lipinski definition) is 2. The molecule has 2 aliphatic rings. The molecule has 0 radical (unpaired) electrons. The number of nitrogens with zero attached hydrogens (tertiary/aromatic N) is 1. The minimum Gasteiger partial charge on any atom is -0.354 e. The van der Waals surface area contributed by atoms with E-state index in [9.17, 15) is 4.79 Å². The van der Waals surface area contributed by atoms with Crippen molar-refractivity contribution >= 4 is 5.91 Å².